The lowest BCUT2D eigenvalue weighted by Gasteiger charge is -2.03. The van der Waals surface area contributed by atoms with E-state index in [1.807, 2.05) is 0 Å². The summed E-state index contributed by atoms with van der Waals surface area (Å²) in [6.45, 7) is 1.68. The smallest absolute Gasteiger partial charge is 0.350 e. The second-order valence-corrected chi connectivity index (χ2v) is 3.72. The van der Waals surface area contributed by atoms with Gasteiger partial charge in [0.15, 0.2) is 5.78 Å². The highest BCUT2D eigenvalue weighted by Gasteiger charge is 2.17. The Morgan fingerprint density at radius 1 is 1.41 bits per heavy atom. The fourth-order valence-electron chi connectivity index (χ4n) is 1.50. The van der Waals surface area contributed by atoms with E-state index >= 15 is 0 Å². The Hall–Kier alpha value is -1.62. The predicted molar refractivity (Wildman–Crippen MR) is 61.3 cm³/mol. The monoisotopic (exact) mass is 240 g/mol. The van der Waals surface area contributed by atoms with Crippen LogP contribution in [0.1, 0.15) is 42.3 Å². The number of unbranched alkanes of at least 4 members (excludes halogenated alkanes) is 1. The number of aliphatic hydroxyl groups excluding tert-OH is 1. The van der Waals surface area contributed by atoms with Crippen LogP contribution >= 0.6 is 0 Å². The van der Waals surface area contributed by atoms with E-state index in [2.05, 4.69) is 0 Å². The van der Waals surface area contributed by atoms with Crippen LogP contribution in [0.4, 0.5) is 0 Å². The van der Waals surface area contributed by atoms with Gasteiger partial charge in [-0.2, -0.15) is 0 Å². The largest absolute Gasteiger partial charge is 0.507 e. The standard InChI is InChI=1S/C12H16O5/c1-2-9(14)11-10(15)7-8(17-12(11)16)5-3-4-6-13/h7,13,15H,2-6H2,1H3. The molecule has 0 radical (unpaired) electrons. The number of Topliss-reactive ketones (excluding diaryl/α,β-unsaturated/α-hetero) is 1. The molecule has 5 heteroatoms. The molecule has 0 spiro atoms. The van der Waals surface area contributed by atoms with Gasteiger partial charge in [0.05, 0.1) is 0 Å². The molecule has 1 heterocycles. The highest BCUT2D eigenvalue weighted by atomic mass is 16.4. The van der Waals surface area contributed by atoms with E-state index < -0.39 is 11.4 Å². The third kappa shape index (κ3) is 3.42. The van der Waals surface area contributed by atoms with Gasteiger partial charge in [-0.3, -0.25) is 4.79 Å². The first-order chi connectivity index (χ1) is 8.10. The fraction of sp³-hybridized carbons (Fsp3) is 0.500. The minimum atomic E-state index is -0.796. The molecule has 2 N–H and O–H groups in total. The third-order valence-electron chi connectivity index (χ3n) is 2.41. The molecule has 94 valence electrons. The van der Waals surface area contributed by atoms with E-state index in [0.717, 1.165) is 0 Å². The van der Waals surface area contributed by atoms with E-state index in [9.17, 15) is 14.7 Å². The fourth-order valence-corrected chi connectivity index (χ4v) is 1.50. The van der Waals surface area contributed by atoms with Crippen molar-refractivity contribution in [3.05, 3.63) is 27.8 Å². The molecule has 1 aromatic heterocycles. The summed E-state index contributed by atoms with van der Waals surface area (Å²) < 4.78 is 4.94. The molecule has 0 aliphatic rings. The molecule has 0 aliphatic heterocycles. The first-order valence-electron chi connectivity index (χ1n) is 5.60. The first kappa shape index (κ1) is 13.4. The third-order valence-corrected chi connectivity index (χ3v) is 2.41. The Morgan fingerprint density at radius 2 is 2.12 bits per heavy atom. The number of hydrogen-bond acceptors (Lipinski definition) is 5. The molecule has 0 atom stereocenters. The number of rotatable bonds is 6. The second kappa shape index (κ2) is 6.20. The van der Waals surface area contributed by atoms with Crippen LogP contribution in [0, 0.1) is 0 Å². The summed E-state index contributed by atoms with van der Waals surface area (Å²) >= 11 is 0. The number of aromatic hydroxyl groups is 1. The second-order valence-electron chi connectivity index (χ2n) is 3.72. The van der Waals surface area contributed by atoms with Crippen LogP contribution in [0.5, 0.6) is 5.75 Å². The van der Waals surface area contributed by atoms with Gasteiger partial charge in [0.2, 0.25) is 0 Å². The van der Waals surface area contributed by atoms with Crippen LogP contribution < -0.4 is 5.63 Å². The summed E-state index contributed by atoms with van der Waals surface area (Å²) in [5.74, 6) is -0.432. The average Bonchev–Trinajstić information content (AvgIpc) is 2.28. The highest BCUT2D eigenvalue weighted by molar-refractivity contribution is 5.97. The molecule has 1 rings (SSSR count). The molecule has 0 unspecified atom stereocenters. The Labute approximate surface area is 98.7 Å². The minimum Gasteiger partial charge on any atom is -0.507 e. The van der Waals surface area contributed by atoms with E-state index in [0.29, 0.717) is 25.0 Å². The maximum Gasteiger partial charge on any atom is 0.350 e. The molecule has 0 fully saturated rings. The van der Waals surface area contributed by atoms with Crippen LogP contribution in [0.3, 0.4) is 0 Å². The number of carbonyl (C=O) groups is 1. The van der Waals surface area contributed by atoms with Crippen molar-refractivity contribution in [3.63, 3.8) is 0 Å². The Balaban J connectivity index is 2.94. The molecule has 0 saturated carbocycles. The van der Waals surface area contributed by atoms with Crippen molar-refractivity contribution < 1.29 is 19.4 Å². The highest BCUT2D eigenvalue weighted by Crippen LogP contribution is 2.17. The molecule has 0 bridgehead atoms. The van der Waals surface area contributed by atoms with Gasteiger partial charge in [0.1, 0.15) is 17.1 Å². The zero-order chi connectivity index (χ0) is 12.8. The van der Waals surface area contributed by atoms with Gasteiger partial charge in [-0.25, -0.2) is 4.79 Å². The lowest BCUT2D eigenvalue weighted by molar-refractivity contribution is 0.0981. The van der Waals surface area contributed by atoms with Gasteiger partial charge in [0.25, 0.3) is 0 Å². The van der Waals surface area contributed by atoms with Crippen molar-refractivity contribution in [2.75, 3.05) is 6.61 Å². The molecule has 0 amide bonds. The molecular weight excluding hydrogens is 224 g/mol. The maximum atomic E-state index is 11.5. The number of aryl methyl sites for hydroxylation is 1. The predicted octanol–water partition coefficient (Wildman–Crippen LogP) is 1.25. The van der Waals surface area contributed by atoms with Crippen LogP contribution in [0.15, 0.2) is 15.3 Å². The van der Waals surface area contributed by atoms with Crippen molar-refractivity contribution in [2.24, 2.45) is 0 Å². The van der Waals surface area contributed by atoms with Gasteiger partial charge in [-0.15, -0.1) is 0 Å². The number of aliphatic hydroxyl groups is 1. The molecule has 0 saturated heterocycles. The van der Waals surface area contributed by atoms with Crippen LogP contribution in [0.25, 0.3) is 0 Å². The summed E-state index contributed by atoms with van der Waals surface area (Å²) in [5, 5.41) is 18.2. The zero-order valence-corrected chi connectivity index (χ0v) is 9.73. The quantitative estimate of drug-likeness (QED) is 0.577. The van der Waals surface area contributed by atoms with Crippen LogP contribution in [-0.2, 0) is 6.42 Å². The van der Waals surface area contributed by atoms with E-state index in [1.165, 1.54) is 6.07 Å². The van der Waals surface area contributed by atoms with Gasteiger partial charge < -0.3 is 14.6 Å². The first-order valence-corrected chi connectivity index (χ1v) is 5.60. The van der Waals surface area contributed by atoms with Crippen molar-refractivity contribution in [1.29, 1.82) is 0 Å². The summed E-state index contributed by atoms with van der Waals surface area (Å²) in [5.41, 5.74) is -1.07. The Morgan fingerprint density at radius 3 is 2.65 bits per heavy atom. The number of carbonyl (C=O) groups excluding carboxylic acids is 1. The van der Waals surface area contributed by atoms with Gasteiger partial charge in [0, 0.05) is 25.5 Å². The van der Waals surface area contributed by atoms with Crippen molar-refractivity contribution in [1.82, 2.24) is 0 Å². The molecule has 1 aromatic rings. The molecule has 17 heavy (non-hydrogen) atoms. The van der Waals surface area contributed by atoms with Gasteiger partial charge in [-0.05, 0) is 12.8 Å². The van der Waals surface area contributed by atoms with Crippen LogP contribution in [-0.4, -0.2) is 22.6 Å². The van der Waals surface area contributed by atoms with Gasteiger partial charge >= 0.3 is 5.63 Å². The molecular formula is C12H16O5. The maximum absolute atomic E-state index is 11.5. The van der Waals surface area contributed by atoms with E-state index in [4.69, 9.17) is 9.52 Å². The average molecular weight is 240 g/mol. The Kier molecular flexibility index (Phi) is 4.90. The topological polar surface area (TPSA) is 87.7 Å². The van der Waals surface area contributed by atoms with E-state index in [1.54, 1.807) is 6.92 Å². The van der Waals surface area contributed by atoms with E-state index in [-0.39, 0.29) is 24.3 Å². The Bertz CT molecular complexity index is 447. The molecule has 5 nitrogen and oxygen atoms in total. The zero-order valence-electron chi connectivity index (χ0n) is 9.73. The minimum absolute atomic E-state index is 0.0720. The van der Waals surface area contributed by atoms with Gasteiger partial charge in [-0.1, -0.05) is 6.92 Å². The van der Waals surface area contributed by atoms with Crippen molar-refractivity contribution >= 4 is 5.78 Å². The van der Waals surface area contributed by atoms with Crippen molar-refractivity contribution in [3.8, 4) is 5.75 Å². The van der Waals surface area contributed by atoms with Crippen molar-refractivity contribution in [2.45, 2.75) is 32.6 Å². The SMILES string of the molecule is CCC(=O)c1c(O)cc(CCCCO)oc1=O. The molecule has 0 aromatic carbocycles. The lowest BCUT2D eigenvalue weighted by Crippen LogP contribution is -2.14. The summed E-state index contributed by atoms with van der Waals surface area (Å²) in [7, 11) is 0. The number of hydrogen-bond donors (Lipinski definition) is 2. The molecule has 0 aliphatic carbocycles. The lowest BCUT2D eigenvalue weighted by atomic mass is 10.1. The van der Waals surface area contributed by atoms with Crippen LogP contribution in [0.2, 0.25) is 0 Å². The summed E-state index contributed by atoms with van der Waals surface area (Å²) in [4.78, 5) is 22.9. The normalized spacial score (nSPS) is 10.5. The summed E-state index contributed by atoms with van der Waals surface area (Å²) in [6.07, 6.45) is 1.84. The summed E-state index contributed by atoms with van der Waals surface area (Å²) in [6, 6.07) is 1.29. The number of ketones is 1.